The van der Waals surface area contributed by atoms with Gasteiger partial charge in [-0.1, -0.05) is 61.9 Å². The van der Waals surface area contributed by atoms with Gasteiger partial charge < -0.3 is 5.11 Å². The maximum atomic E-state index is 10.8. The van der Waals surface area contributed by atoms with Crippen LogP contribution in [0.4, 0.5) is 0 Å². The lowest BCUT2D eigenvalue weighted by molar-refractivity contribution is 0.427. The Balaban J connectivity index is 2.16. The molecule has 3 heteroatoms. The van der Waals surface area contributed by atoms with E-state index in [0.29, 0.717) is 0 Å². The van der Waals surface area contributed by atoms with Gasteiger partial charge in [0.05, 0.1) is 11.4 Å². The SMILES string of the molecule is CCCCc1c(-c2ccccc2)nn(-c2ccccc2C)c1O. The van der Waals surface area contributed by atoms with Crippen LogP contribution in [-0.2, 0) is 6.42 Å². The fraction of sp³-hybridized carbons (Fsp3) is 0.250. The van der Waals surface area contributed by atoms with E-state index in [9.17, 15) is 5.11 Å². The molecule has 0 saturated heterocycles. The van der Waals surface area contributed by atoms with Gasteiger partial charge in [-0.3, -0.25) is 0 Å². The number of rotatable bonds is 5. The summed E-state index contributed by atoms with van der Waals surface area (Å²) in [6.07, 6.45) is 2.95. The van der Waals surface area contributed by atoms with Gasteiger partial charge in [0.2, 0.25) is 5.88 Å². The normalized spacial score (nSPS) is 10.9. The highest BCUT2D eigenvalue weighted by atomic mass is 16.3. The Kier molecular flexibility index (Phi) is 4.47. The third kappa shape index (κ3) is 3.00. The molecule has 0 aliphatic carbocycles. The van der Waals surface area contributed by atoms with Gasteiger partial charge in [-0.25, -0.2) is 4.68 Å². The lowest BCUT2D eigenvalue weighted by atomic mass is 10.0. The van der Waals surface area contributed by atoms with E-state index in [1.807, 2.05) is 61.5 Å². The van der Waals surface area contributed by atoms with Crippen LogP contribution in [0, 0.1) is 6.92 Å². The predicted octanol–water partition coefficient (Wildman–Crippen LogP) is 4.90. The zero-order valence-electron chi connectivity index (χ0n) is 13.7. The van der Waals surface area contributed by atoms with Crippen LogP contribution < -0.4 is 0 Å². The Morgan fingerprint density at radius 1 is 1.00 bits per heavy atom. The minimum Gasteiger partial charge on any atom is -0.493 e. The molecule has 0 aliphatic heterocycles. The van der Waals surface area contributed by atoms with Crippen LogP contribution in [0.1, 0.15) is 30.9 Å². The highest BCUT2D eigenvalue weighted by Crippen LogP contribution is 2.33. The third-order valence-corrected chi connectivity index (χ3v) is 4.13. The number of aromatic nitrogens is 2. The molecule has 23 heavy (non-hydrogen) atoms. The Morgan fingerprint density at radius 2 is 1.70 bits per heavy atom. The highest BCUT2D eigenvalue weighted by molar-refractivity contribution is 5.66. The molecule has 118 valence electrons. The largest absolute Gasteiger partial charge is 0.493 e. The number of hydrogen-bond donors (Lipinski definition) is 1. The molecule has 0 unspecified atom stereocenters. The molecular formula is C20H22N2O. The van der Waals surface area contributed by atoms with Crippen molar-refractivity contribution in [2.24, 2.45) is 0 Å². The van der Waals surface area contributed by atoms with Gasteiger partial charge >= 0.3 is 0 Å². The first-order chi connectivity index (χ1) is 11.2. The van der Waals surface area contributed by atoms with Crippen molar-refractivity contribution in [1.82, 2.24) is 9.78 Å². The Morgan fingerprint density at radius 3 is 2.39 bits per heavy atom. The molecule has 0 spiro atoms. The van der Waals surface area contributed by atoms with Gasteiger partial charge in [0.1, 0.15) is 0 Å². The molecule has 3 rings (SSSR count). The molecule has 0 atom stereocenters. The van der Waals surface area contributed by atoms with Crippen molar-refractivity contribution in [1.29, 1.82) is 0 Å². The average molecular weight is 306 g/mol. The second kappa shape index (κ2) is 6.69. The van der Waals surface area contributed by atoms with E-state index in [1.165, 1.54) is 0 Å². The molecule has 0 bridgehead atoms. The van der Waals surface area contributed by atoms with E-state index in [0.717, 1.165) is 47.3 Å². The van der Waals surface area contributed by atoms with Gasteiger partial charge in [-0.05, 0) is 31.4 Å². The zero-order chi connectivity index (χ0) is 16.2. The van der Waals surface area contributed by atoms with Gasteiger partial charge in [-0.2, -0.15) is 5.10 Å². The van der Waals surface area contributed by atoms with Crippen molar-refractivity contribution in [2.75, 3.05) is 0 Å². The maximum absolute atomic E-state index is 10.8. The van der Waals surface area contributed by atoms with Gasteiger partial charge in [0, 0.05) is 11.1 Å². The van der Waals surface area contributed by atoms with Crippen molar-refractivity contribution in [3.63, 3.8) is 0 Å². The molecule has 3 nitrogen and oxygen atoms in total. The summed E-state index contributed by atoms with van der Waals surface area (Å²) in [5.41, 5.74) is 4.86. The zero-order valence-corrected chi connectivity index (χ0v) is 13.7. The molecule has 3 aromatic rings. The van der Waals surface area contributed by atoms with Crippen LogP contribution in [0.3, 0.4) is 0 Å². The summed E-state index contributed by atoms with van der Waals surface area (Å²) in [4.78, 5) is 0. The van der Waals surface area contributed by atoms with Crippen molar-refractivity contribution >= 4 is 0 Å². The van der Waals surface area contributed by atoms with Crippen molar-refractivity contribution in [2.45, 2.75) is 33.1 Å². The molecule has 0 radical (unpaired) electrons. The minimum atomic E-state index is 0.256. The van der Waals surface area contributed by atoms with Crippen molar-refractivity contribution in [3.8, 4) is 22.8 Å². The van der Waals surface area contributed by atoms with E-state index < -0.39 is 0 Å². The van der Waals surface area contributed by atoms with Crippen LogP contribution in [0.5, 0.6) is 5.88 Å². The number of aromatic hydroxyl groups is 1. The van der Waals surface area contributed by atoms with Crippen LogP contribution >= 0.6 is 0 Å². The number of aryl methyl sites for hydroxylation is 1. The molecule has 1 heterocycles. The number of unbranched alkanes of at least 4 members (excludes halogenated alkanes) is 1. The van der Waals surface area contributed by atoms with E-state index in [2.05, 4.69) is 6.92 Å². The molecule has 0 fully saturated rings. The van der Waals surface area contributed by atoms with E-state index >= 15 is 0 Å². The standard InChI is InChI=1S/C20H22N2O/c1-3-4-13-17-19(16-11-6-5-7-12-16)21-22(20(17)23)18-14-9-8-10-15(18)2/h5-12,14,23H,3-4,13H2,1-2H3. The quantitative estimate of drug-likeness (QED) is 0.728. The number of benzene rings is 2. The Labute approximate surface area is 137 Å². The fourth-order valence-electron chi connectivity index (χ4n) is 2.82. The minimum absolute atomic E-state index is 0.256. The summed E-state index contributed by atoms with van der Waals surface area (Å²) < 4.78 is 1.67. The molecule has 0 amide bonds. The van der Waals surface area contributed by atoms with Gasteiger partial charge in [-0.15, -0.1) is 0 Å². The fourth-order valence-corrected chi connectivity index (χ4v) is 2.82. The molecule has 0 aliphatic rings. The monoisotopic (exact) mass is 306 g/mol. The highest BCUT2D eigenvalue weighted by Gasteiger charge is 2.19. The lowest BCUT2D eigenvalue weighted by Crippen LogP contribution is -1.98. The van der Waals surface area contributed by atoms with E-state index in [1.54, 1.807) is 4.68 Å². The summed E-state index contributed by atoms with van der Waals surface area (Å²) in [7, 11) is 0. The summed E-state index contributed by atoms with van der Waals surface area (Å²) in [5.74, 6) is 0.256. The second-order valence-corrected chi connectivity index (χ2v) is 5.82. The molecule has 0 saturated carbocycles. The molecule has 1 aromatic heterocycles. The summed E-state index contributed by atoms with van der Waals surface area (Å²) in [5, 5.41) is 15.5. The summed E-state index contributed by atoms with van der Waals surface area (Å²) in [6.45, 7) is 4.19. The first kappa shape index (κ1) is 15.3. The summed E-state index contributed by atoms with van der Waals surface area (Å²) >= 11 is 0. The van der Waals surface area contributed by atoms with E-state index in [4.69, 9.17) is 5.10 Å². The number of nitrogens with zero attached hydrogens (tertiary/aromatic N) is 2. The third-order valence-electron chi connectivity index (χ3n) is 4.13. The Bertz CT molecular complexity index is 791. The topological polar surface area (TPSA) is 38.0 Å². The first-order valence-corrected chi connectivity index (χ1v) is 8.14. The van der Waals surface area contributed by atoms with Gasteiger partial charge in [0.25, 0.3) is 0 Å². The number of hydrogen-bond acceptors (Lipinski definition) is 2. The average Bonchev–Trinajstić information content (AvgIpc) is 2.91. The first-order valence-electron chi connectivity index (χ1n) is 8.14. The second-order valence-electron chi connectivity index (χ2n) is 5.82. The van der Waals surface area contributed by atoms with Crippen LogP contribution in [0.2, 0.25) is 0 Å². The van der Waals surface area contributed by atoms with Gasteiger partial charge in [0.15, 0.2) is 0 Å². The number of para-hydroxylation sites is 1. The van der Waals surface area contributed by atoms with Crippen molar-refractivity contribution < 1.29 is 5.11 Å². The summed E-state index contributed by atoms with van der Waals surface area (Å²) in [6, 6.07) is 18.1. The van der Waals surface area contributed by atoms with Crippen LogP contribution in [-0.4, -0.2) is 14.9 Å². The van der Waals surface area contributed by atoms with Crippen molar-refractivity contribution in [3.05, 3.63) is 65.7 Å². The lowest BCUT2D eigenvalue weighted by Gasteiger charge is -2.06. The predicted molar refractivity (Wildman–Crippen MR) is 94.0 cm³/mol. The maximum Gasteiger partial charge on any atom is 0.218 e. The molecule has 1 N–H and O–H groups in total. The Hall–Kier alpha value is -2.55. The van der Waals surface area contributed by atoms with Crippen LogP contribution in [0.25, 0.3) is 16.9 Å². The molecule has 2 aromatic carbocycles. The molecular weight excluding hydrogens is 284 g/mol. The van der Waals surface area contributed by atoms with E-state index in [-0.39, 0.29) is 5.88 Å². The van der Waals surface area contributed by atoms with Crippen LogP contribution in [0.15, 0.2) is 54.6 Å². The smallest absolute Gasteiger partial charge is 0.218 e.